The van der Waals surface area contributed by atoms with Crippen molar-refractivity contribution in [2.45, 2.75) is 13.1 Å². The van der Waals surface area contributed by atoms with Crippen LogP contribution in [-0.4, -0.2) is 16.3 Å². The molecule has 1 aliphatic heterocycles. The number of rotatable bonds is 5. The van der Waals surface area contributed by atoms with Crippen LogP contribution in [0.15, 0.2) is 61.1 Å². The van der Waals surface area contributed by atoms with Crippen molar-refractivity contribution in [3.63, 3.8) is 0 Å². The zero-order chi connectivity index (χ0) is 15.5. The minimum absolute atomic E-state index is 0.310. The van der Waals surface area contributed by atoms with Crippen molar-refractivity contribution < 1.29 is 9.47 Å². The van der Waals surface area contributed by atoms with Gasteiger partial charge in [-0.1, -0.05) is 6.07 Å². The summed E-state index contributed by atoms with van der Waals surface area (Å²) in [6, 6.07) is 14.2. The predicted molar refractivity (Wildman–Crippen MR) is 86.7 cm³/mol. The molecule has 4 rings (SSSR count). The highest BCUT2D eigenvalue weighted by Gasteiger charge is 2.13. The van der Waals surface area contributed by atoms with Gasteiger partial charge in [0.05, 0.1) is 11.9 Å². The zero-order valence-corrected chi connectivity index (χ0v) is 12.6. The maximum Gasteiger partial charge on any atom is 0.231 e. The molecule has 5 nitrogen and oxygen atoms in total. The van der Waals surface area contributed by atoms with Crippen LogP contribution in [0.1, 0.15) is 11.3 Å². The van der Waals surface area contributed by atoms with Crippen LogP contribution in [0.2, 0.25) is 0 Å². The summed E-state index contributed by atoms with van der Waals surface area (Å²) in [5, 5.41) is 3.47. The van der Waals surface area contributed by atoms with Gasteiger partial charge in [0, 0.05) is 31.2 Å². The minimum atomic E-state index is 0.310. The van der Waals surface area contributed by atoms with E-state index in [1.807, 2.05) is 36.5 Å². The molecule has 0 atom stereocenters. The molecule has 1 aliphatic rings. The van der Waals surface area contributed by atoms with E-state index >= 15 is 0 Å². The van der Waals surface area contributed by atoms with Crippen LogP contribution in [0.5, 0.6) is 11.5 Å². The Labute approximate surface area is 134 Å². The first-order valence-corrected chi connectivity index (χ1v) is 7.56. The van der Waals surface area contributed by atoms with Crippen LogP contribution >= 0.6 is 0 Å². The molecule has 0 amide bonds. The fourth-order valence-corrected chi connectivity index (χ4v) is 2.69. The van der Waals surface area contributed by atoms with Crippen molar-refractivity contribution in [1.82, 2.24) is 14.9 Å². The van der Waals surface area contributed by atoms with Gasteiger partial charge in [0.1, 0.15) is 0 Å². The number of ether oxygens (including phenoxy) is 2. The van der Waals surface area contributed by atoms with Gasteiger partial charge < -0.3 is 19.4 Å². The van der Waals surface area contributed by atoms with Crippen LogP contribution in [0.25, 0.3) is 5.69 Å². The highest BCUT2D eigenvalue weighted by Crippen LogP contribution is 2.32. The molecule has 0 fully saturated rings. The Morgan fingerprint density at radius 3 is 2.91 bits per heavy atom. The molecule has 2 aromatic heterocycles. The van der Waals surface area contributed by atoms with Crippen LogP contribution in [-0.2, 0) is 13.1 Å². The number of hydrogen-bond acceptors (Lipinski definition) is 4. The lowest BCUT2D eigenvalue weighted by atomic mass is 10.2. The normalized spacial score (nSPS) is 12.5. The molecule has 23 heavy (non-hydrogen) atoms. The fourth-order valence-electron chi connectivity index (χ4n) is 2.69. The van der Waals surface area contributed by atoms with E-state index in [1.54, 1.807) is 6.20 Å². The summed E-state index contributed by atoms with van der Waals surface area (Å²) in [5.74, 6) is 1.64. The van der Waals surface area contributed by atoms with Gasteiger partial charge in [-0.15, -0.1) is 0 Å². The summed E-state index contributed by atoms with van der Waals surface area (Å²) < 4.78 is 12.9. The number of nitrogens with one attached hydrogen (secondary N) is 1. The smallest absolute Gasteiger partial charge is 0.231 e. The third kappa shape index (κ3) is 2.91. The number of benzene rings is 1. The van der Waals surface area contributed by atoms with Crippen molar-refractivity contribution in [3.05, 3.63) is 72.3 Å². The first-order chi connectivity index (χ1) is 11.4. The highest BCUT2D eigenvalue weighted by atomic mass is 16.7. The van der Waals surface area contributed by atoms with E-state index in [4.69, 9.17) is 9.47 Å². The first-order valence-electron chi connectivity index (χ1n) is 7.56. The molecule has 0 radical (unpaired) electrons. The Bertz CT molecular complexity index is 799. The Morgan fingerprint density at radius 2 is 2.00 bits per heavy atom. The molecule has 3 aromatic rings. The molecular formula is C18H17N3O2. The molecule has 0 unspecified atom stereocenters. The summed E-state index contributed by atoms with van der Waals surface area (Å²) in [5.41, 5.74) is 3.44. The van der Waals surface area contributed by atoms with E-state index in [2.05, 4.69) is 33.2 Å². The predicted octanol–water partition coefficient (Wildman–Crippen LogP) is 2.89. The second-order valence-electron chi connectivity index (χ2n) is 5.37. The van der Waals surface area contributed by atoms with Crippen LogP contribution in [0, 0.1) is 0 Å². The molecular weight excluding hydrogens is 290 g/mol. The second kappa shape index (κ2) is 6.14. The molecule has 5 heteroatoms. The van der Waals surface area contributed by atoms with Crippen molar-refractivity contribution >= 4 is 0 Å². The summed E-state index contributed by atoms with van der Waals surface area (Å²) >= 11 is 0. The van der Waals surface area contributed by atoms with Gasteiger partial charge in [-0.25, -0.2) is 0 Å². The molecule has 0 spiro atoms. The molecule has 1 N–H and O–H groups in total. The Kier molecular flexibility index (Phi) is 3.70. The minimum Gasteiger partial charge on any atom is -0.454 e. The molecule has 0 saturated carbocycles. The maximum atomic E-state index is 5.41. The van der Waals surface area contributed by atoms with Gasteiger partial charge in [-0.3, -0.25) is 4.98 Å². The number of hydrogen-bond donors (Lipinski definition) is 1. The number of aromatic nitrogens is 2. The van der Waals surface area contributed by atoms with E-state index in [-0.39, 0.29) is 0 Å². The van der Waals surface area contributed by atoms with Crippen molar-refractivity contribution in [3.8, 4) is 17.2 Å². The first kappa shape index (κ1) is 13.8. The summed E-state index contributed by atoms with van der Waals surface area (Å²) in [6.07, 6.45) is 5.69. The zero-order valence-electron chi connectivity index (χ0n) is 12.6. The van der Waals surface area contributed by atoms with Crippen LogP contribution < -0.4 is 14.8 Å². The molecule has 3 heterocycles. The average Bonchev–Trinajstić information content (AvgIpc) is 3.24. The van der Waals surface area contributed by atoms with Crippen molar-refractivity contribution in [1.29, 1.82) is 0 Å². The lowest BCUT2D eigenvalue weighted by molar-refractivity contribution is 0.174. The maximum absolute atomic E-state index is 5.41. The third-order valence-electron chi connectivity index (χ3n) is 3.83. The van der Waals surface area contributed by atoms with Crippen molar-refractivity contribution in [2.24, 2.45) is 0 Å². The molecule has 0 saturated heterocycles. The van der Waals surface area contributed by atoms with Gasteiger partial charge in [0.2, 0.25) is 6.79 Å². The molecule has 0 bridgehead atoms. The van der Waals surface area contributed by atoms with Gasteiger partial charge in [-0.05, 0) is 42.0 Å². The largest absolute Gasteiger partial charge is 0.454 e. The standard InChI is InChI=1S/C18H17N3O2/c1-3-15(11-19-7-1)21-8-2-4-16(21)12-20-10-14-5-6-17-18(9-14)23-13-22-17/h1-9,11,20H,10,12-13H2. The SMILES string of the molecule is c1cncc(-n2cccc2CNCc2ccc3c(c2)OCO3)c1. The lowest BCUT2D eigenvalue weighted by Gasteiger charge is -2.10. The van der Waals surface area contributed by atoms with Gasteiger partial charge in [0.15, 0.2) is 11.5 Å². The summed E-state index contributed by atoms with van der Waals surface area (Å²) in [6.45, 7) is 1.86. The third-order valence-corrected chi connectivity index (χ3v) is 3.83. The van der Waals surface area contributed by atoms with E-state index in [0.717, 1.165) is 30.3 Å². The Balaban J connectivity index is 1.41. The van der Waals surface area contributed by atoms with E-state index in [1.165, 1.54) is 11.3 Å². The highest BCUT2D eigenvalue weighted by molar-refractivity contribution is 5.44. The van der Waals surface area contributed by atoms with Crippen LogP contribution in [0.3, 0.4) is 0 Å². The molecule has 1 aromatic carbocycles. The number of fused-ring (bicyclic) bond motifs is 1. The Morgan fingerprint density at radius 1 is 1.04 bits per heavy atom. The quantitative estimate of drug-likeness (QED) is 0.787. The summed E-state index contributed by atoms with van der Waals surface area (Å²) in [4.78, 5) is 4.18. The number of pyridine rings is 1. The van der Waals surface area contributed by atoms with E-state index in [9.17, 15) is 0 Å². The lowest BCUT2D eigenvalue weighted by Crippen LogP contribution is -2.15. The van der Waals surface area contributed by atoms with Crippen LogP contribution in [0.4, 0.5) is 0 Å². The van der Waals surface area contributed by atoms with E-state index < -0.39 is 0 Å². The van der Waals surface area contributed by atoms with Crippen molar-refractivity contribution in [2.75, 3.05) is 6.79 Å². The topological polar surface area (TPSA) is 48.3 Å². The fraction of sp³-hybridized carbons (Fsp3) is 0.167. The average molecular weight is 307 g/mol. The Hall–Kier alpha value is -2.79. The van der Waals surface area contributed by atoms with Gasteiger partial charge >= 0.3 is 0 Å². The van der Waals surface area contributed by atoms with Gasteiger partial charge in [0.25, 0.3) is 0 Å². The monoisotopic (exact) mass is 307 g/mol. The summed E-state index contributed by atoms with van der Waals surface area (Å²) in [7, 11) is 0. The molecule has 0 aliphatic carbocycles. The second-order valence-corrected chi connectivity index (χ2v) is 5.37. The van der Waals surface area contributed by atoms with E-state index in [0.29, 0.717) is 6.79 Å². The number of nitrogens with zero attached hydrogens (tertiary/aromatic N) is 2. The molecule has 116 valence electrons. The van der Waals surface area contributed by atoms with Gasteiger partial charge in [-0.2, -0.15) is 0 Å².